The van der Waals surface area contributed by atoms with Gasteiger partial charge < -0.3 is 16.0 Å². The van der Waals surface area contributed by atoms with Crippen molar-refractivity contribution in [1.29, 1.82) is 0 Å². The summed E-state index contributed by atoms with van der Waals surface area (Å²) in [4.78, 5) is 25.5. The lowest BCUT2D eigenvalue weighted by Crippen LogP contribution is -2.46. The van der Waals surface area contributed by atoms with E-state index in [9.17, 15) is 9.59 Å². The third-order valence-corrected chi connectivity index (χ3v) is 3.65. The van der Waals surface area contributed by atoms with Crippen LogP contribution in [0.25, 0.3) is 0 Å². The highest BCUT2D eigenvalue weighted by Crippen LogP contribution is 2.38. The van der Waals surface area contributed by atoms with E-state index in [-0.39, 0.29) is 29.6 Å². The number of nitrogens with two attached hydrogens (primary N) is 1. The predicted molar refractivity (Wildman–Crippen MR) is 78.1 cm³/mol. The SMILES string of the molecule is CN(C)C(=O)C1(CNC(=O)CCCN)CCCC1.Cl. The minimum absolute atomic E-state index is 0. The maximum Gasteiger partial charge on any atom is 0.230 e. The molecule has 0 aromatic rings. The summed E-state index contributed by atoms with van der Waals surface area (Å²) in [5.41, 5.74) is 5.00. The molecule has 0 spiro atoms. The van der Waals surface area contributed by atoms with Gasteiger partial charge in [-0.15, -0.1) is 12.4 Å². The molecule has 1 aliphatic rings. The van der Waals surface area contributed by atoms with Gasteiger partial charge in [0.2, 0.25) is 11.8 Å². The zero-order valence-corrected chi connectivity index (χ0v) is 12.7. The van der Waals surface area contributed by atoms with E-state index < -0.39 is 0 Å². The van der Waals surface area contributed by atoms with Crippen molar-refractivity contribution in [3.8, 4) is 0 Å². The molecule has 0 radical (unpaired) electrons. The third kappa shape index (κ3) is 4.99. The van der Waals surface area contributed by atoms with E-state index in [1.54, 1.807) is 19.0 Å². The Kier molecular flexibility index (Phi) is 8.02. The number of hydrogen-bond acceptors (Lipinski definition) is 3. The summed E-state index contributed by atoms with van der Waals surface area (Å²) in [5, 5.41) is 2.89. The molecule has 0 heterocycles. The van der Waals surface area contributed by atoms with Crippen molar-refractivity contribution in [1.82, 2.24) is 10.2 Å². The number of nitrogens with one attached hydrogen (secondary N) is 1. The topological polar surface area (TPSA) is 75.4 Å². The third-order valence-electron chi connectivity index (χ3n) is 3.65. The first-order chi connectivity index (χ1) is 8.52. The van der Waals surface area contributed by atoms with E-state index in [0.29, 0.717) is 25.9 Å². The van der Waals surface area contributed by atoms with Gasteiger partial charge in [0, 0.05) is 27.1 Å². The number of carbonyl (C=O) groups is 2. The van der Waals surface area contributed by atoms with Gasteiger partial charge in [-0.2, -0.15) is 0 Å². The molecule has 0 atom stereocenters. The Morgan fingerprint density at radius 2 is 1.84 bits per heavy atom. The van der Waals surface area contributed by atoms with Crippen molar-refractivity contribution >= 4 is 24.2 Å². The molecule has 2 amide bonds. The van der Waals surface area contributed by atoms with Gasteiger partial charge in [-0.1, -0.05) is 12.8 Å². The van der Waals surface area contributed by atoms with Crippen molar-refractivity contribution in [3.63, 3.8) is 0 Å². The first kappa shape index (κ1) is 18.2. The van der Waals surface area contributed by atoms with Crippen molar-refractivity contribution in [3.05, 3.63) is 0 Å². The van der Waals surface area contributed by atoms with Crippen LogP contribution in [0.4, 0.5) is 0 Å². The number of halogens is 1. The summed E-state index contributed by atoms with van der Waals surface area (Å²) in [6, 6.07) is 0. The Hall–Kier alpha value is -0.810. The Bertz CT molecular complexity index is 302. The lowest BCUT2D eigenvalue weighted by atomic mass is 9.84. The van der Waals surface area contributed by atoms with Crippen LogP contribution in [0.2, 0.25) is 0 Å². The van der Waals surface area contributed by atoms with Gasteiger partial charge in [0.15, 0.2) is 0 Å². The van der Waals surface area contributed by atoms with E-state index >= 15 is 0 Å². The largest absolute Gasteiger partial charge is 0.355 e. The summed E-state index contributed by atoms with van der Waals surface area (Å²) in [5.74, 6) is 0.136. The summed E-state index contributed by atoms with van der Waals surface area (Å²) in [6.07, 6.45) is 5.03. The predicted octanol–water partition coefficient (Wildman–Crippen LogP) is 0.912. The molecule has 0 bridgehead atoms. The van der Waals surface area contributed by atoms with Crippen LogP contribution in [0.1, 0.15) is 38.5 Å². The lowest BCUT2D eigenvalue weighted by Gasteiger charge is -2.30. The van der Waals surface area contributed by atoms with Gasteiger partial charge in [0.25, 0.3) is 0 Å². The molecule has 0 aliphatic heterocycles. The second-order valence-electron chi connectivity index (χ2n) is 5.36. The first-order valence-corrected chi connectivity index (χ1v) is 6.70. The molecule has 1 aliphatic carbocycles. The molecule has 6 heteroatoms. The second kappa shape index (κ2) is 8.38. The van der Waals surface area contributed by atoms with Crippen LogP contribution < -0.4 is 11.1 Å². The normalized spacial score (nSPS) is 16.6. The van der Waals surface area contributed by atoms with Crippen molar-refractivity contribution in [2.75, 3.05) is 27.2 Å². The van der Waals surface area contributed by atoms with Crippen LogP contribution in [0, 0.1) is 5.41 Å². The molecule has 1 rings (SSSR count). The average molecular weight is 292 g/mol. The Labute approximate surface area is 121 Å². The quantitative estimate of drug-likeness (QED) is 0.764. The Morgan fingerprint density at radius 3 is 2.32 bits per heavy atom. The first-order valence-electron chi connectivity index (χ1n) is 6.70. The summed E-state index contributed by atoms with van der Waals surface area (Å²) < 4.78 is 0. The molecule has 0 aromatic carbocycles. The summed E-state index contributed by atoms with van der Waals surface area (Å²) in [7, 11) is 3.55. The number of nitrogens with zero attached hydrogens (tertiary/aromatic N) is 1. The summed E-state index contributed by atoms with van der Waals surface area (Å²) >= 11 is 0. The monoisotopic (exact) mass is 291 g/mol. The van der Waals surface area contributed by atoms with Crippen molar-refractivity contribution in [2.45, 2.75) is 38.5 Å². The van der Waals surface area contributed by atoms with Gasteiger partial charge in [0.05, 0.1) is 5.41 Å². The van der Waals surface area contributed by atoms with Gasteiger partial charge in [0.1, 0.15) is 0 Å². The van der Waals surface area contributed by atoms with Crippen LogP contribution in [0.5, 0.6) is 0 Å². The van der Waals surface area contributed by atoms with Gasteiger partial charge in [-0.05, 0) is 25.8 Å². The molecule has 1 fully saturated rings. The maximum atomic E-state index is 12.2. The Balaban J connectivity index is 0.00000324. The molecule has 5 nitrogen and oxygen atoms in total. The molecular formula is C13H26ClN3O2. The van der Waals surface area contributed by atoms with Crippen LogP contribution in [-0.4, -0.2) is 43.9 Å². The van der Waals surface area contributed by atoms with Gasteiger partial charge >= 0.3 is 0 Å². The van der Waals surface area contributed by atoms with Crippen molar-refractivity contribution in [2.24, 2.45) is 11.1 Å². The highest BCUT2D eigenvalue weighted by molar-refractivity contribution is 5.85. The lowest BCUT2D eigenvalue weighted by molar-refractivity contribution is -0.139. The standard InChI is InChI=1S/C13H25N3O2.ClH/c1-16(2)12(18)13(7-3-4-8-13)10-15-11(17)6-5-9-14;/h3-10,14H2,1-2H3,(H,15,17);1H. The molecule has 19 heavy (non-hydrogen) atoms. The van der Waals surface area contributed by atoms with Gasteiger partial charge in [-0.25, -0.2) is 0 Å². The van der Waals surface area contributed by atoms with Crippen LogP contribution in [0.15, 0.2) is 0 Å². The smallest absolute Gasteiger partial charge is 0.230 e. The maximum absolute atomic E-state index is 12.2. The Morgan fingerprint density at radius 1 is 1.26 bits per heavy atom. The highest BCUT2D eigenvalue weighted by Gasteiger charge is 2.42. The molecule has 3 N–H and O–H groups in total. The van der Waals surface area contributed by atoms with E-state index in [1.165, 1.54) is 0 Å². The fourth-order valence-corrected chi connectivity index (χ4v) is 2.61. The fraction of sp³-hybridized carbons (Fsp3) is 0.846. The molecule has 1 saturated carbocycles. The second-order valence-corrected chi connectivity index (χ2v) is 5.36. The zero-order chi connectivity index (χ0) is 13.6. The molecule has 0 unspecified atom stereocenters. The van der Waals surface area contributed by atoms with Crippen LogP contribution in [0.3, 0.4) is 0 Å². The zero-order valence-electron chi connectivity index (χ0n) is 11.9. The fourth-order valence-electron chi connectivity index (χ4n) is 2.61. The average Bonchev–Trinajstić information content (AvgIpc) is 2.82. The van der Waals surface area contributed by atoms with E-state index in [0.717, 1.165) is 25.7 Å². The van der Waals surface area contributed by atoms with Crippen LogP contribution >= 0.6 is 12.4 Å². The van der Waals surface area contributed by atoms with E-state index in [1.807, 2.05) is 0 Å². The highest BCUT2D eigenvalue weighted by atomic mass is 35.5. The van der Waals surface area contributed by atoms with Crippen LogP contribution in [-0.2, 0) is 9.59 Å². The number of carbonyl (C=O) groups excluding carboxylic acids is 2. The molecule has 0 aromatic heterocycles. The number of hydrogen-bond donors (Lipinski definition) is 2. The molecular weight excluding hydrogens is 266 g/mol. The summed E-state index contributed by atoms with van der Waals surface area (Å²) in [6.45, 7) is 0.989. The van der Waals surface area contributed by atoms with Gasteiger partial charge in [-0.3, -0.25) is 9.59 Å². The van der Waals surface area contributed by atoms with E-state index in [2.05, 4.69) is 5.32 Å². The molecule has 0 saturated heterocycles. The van der Waals surface area contributed by atoms with E-state index in [4.69, 9.17) is 5.73 Å². The number of amides is 2. The minimum Gasteiger partial charge on any atom is -0.355 e. The molecule has 112 valence electrons. The number of rotatable bonds is 6. The minimum atomic E-state index is -0.373. The van der Waals surface area contributed by atoms with Crippen molar-refractivity contribution < 1.29 is 9.59 Å².